The van der Waals surface area contributed by atoms with Crippen molar-refractivity contribution in [3.05, 3.63) is 28.8 Å². The van der Waals surface area contributed by atoms with Crippen LogP contribution in [0.5, 0.6) is 0 Å². The summed E-state index contributed by atoms with van der Waals surface area (Å²) in [6, 6.07) is 5.07. The fourth-order valence-electron chi connectivity index (χ4n) is 1.78. The molecule has 17 heavy (non-hydrogen) atoms. The predicted octanol–water partition coefficient (Wildman–Crippen LogP) is 2.34. The fourth-order valence-corrected chi connectivity index (χ4v) is 2.01. The van der Waals surface area contributed by atoms with Gasteiger partial charge in [-0.3, -0.25) is 15.0 Å². The van der Waals surface area contributed by atoms with E-state index in [-0.39, 0.29) is 11.8 Å². The SMILES string of the molecule is Cc1cccc(N2CC(C)C(=O)NC2=O)c1Cl. The summed E-state index contributed by atoms with van der Waals surface area (Å²) < 4.78 is 0. The van der Waals surface area contributed by atoms with E-state index in [1.807, 2.05) is 19.1 Å². The molecule has 1 atom stereocenters. The van der Waals surface area contributed by atoms with Crippen molar-refractivity contribution in [1.29, 1.82) is 0 Å². The quantitative estimate of drug-likeness (QED) is 0.834. The van der Waals surface area contributed by atoms with Gasteiger partial charge in [-0.05, 0) is 18.6 Å². The highest BCUT2D eigenvalue weighted by atomic mass is 35.5. The predicted molar refractivity (Wildman–Crippen MR) is 66.2 cm³/mol. The maximum atomic E-state index is 11.7. The van der Waals surface area contributed by atoms with E-state index in [9.17, 15) is 9.59 Å². The molecule has 1 fully saturated rings. The number of rotatable bonds is 1. The van der Waals surface area contributed by atoms with Crippen molar-refractivity contribution in [2.75, 3.05) is 11.4 Å². The molecular weight excluding hydrogens is 240 g/mol. The zero-order valence-electron chi connectivity index (χ0n) is 9.66. The first kappa shape index (κ1) is 11.9. The Balaban J connectivity index is 2.36. The third-order valence-corrected chi connectivity index (χ3v) is 3.33. The number of nitrogens with one attached hydrogen (secondary N) is 1. The van der Waals surface area contributed by atoms with Gasteiger partial charge < -0.3 is 0 Å². The Bertz CT molecular complexity index is 487. The van der Waals surface area contributed by atoms with Crippen LogP contribution in [-0.2, 0) is 4.79 Å². The Kier molecular flexibility index (Phi) is 3.07. The number of benzene rings is 1. The van der Waals surface area contributed by atoms with Crippen molar-refractivity contribution in [2.45, 2.75) is 13.8 Å². The number of halogens is 1. The number of nitrogens with zero attached hydrogens (tertiary/aromatic N) is 1. The maximum Gasteiger partial charge on any atom is 0.328 e. The lowest BCUT2D eigenvalue weighted by Crippen LogP contribution is -2.54. The van der Waals surface area contributed by atoms with Crippen LogP contribution in [0.1, 0.15) is 12.5 Å². The van der Waals surface area contributed by atoms with Crippen LogP contribution in [0.25, 0.3) is 0 Å². The number of hydrogen-bond donors (Lipinski definition) is 1. The topological polar surface area (TPSA) is 49.4 Å². The number of carbonyl (C=O) groups is 2. The molecule has 0 aromatic heterocycles. The highest BCUT2D eigenvalue weighted by Gasteiger charge is 2.31. The summed E-state index contributed by atoms with van der Waals surface area (Å²) in [6.45, 7) is 4.01. The van der Waals surface area contributed by atoms with Gasteiger partial charge in [0.1, 0.15) is 0 Å². The molecule has 1 aliphatic heterocycles. The van der Waals surface area contributed by atoms with E-state index in [1.165, 1.54) is 4.90 Å². The van der Waals surface area contributed by atoms with Crippen LogP contribution in [0.3, 0.4) is 0 Å². The Labute approximate surface area is 105 Å². The van der Waals surface area contributed by atoms with E-state index in [0.29, 0.717) is 17.3 Å². The summed E-state index contributed by atoms with van der Waals surface area (Å²) in [6.07, 6.45) is 0. The first-order valence-corrected chi connectivity index (χ1v) is 5.76. The number of aryl methyl sites for hydroxylation is 1. The van der Waals surface area contributed by atoms with Crippen molar-refractivity contribution in [3.8, 4) is 0 Å². The van der Waals surface area contributed by atoms with Crippen LogP contribution in [0.4, 0.5) is 10.5 Å². The number of anilines is 1. The number of imide groups is 1. The first-order valence-electron chi connectivity index (χ1n) is 5.38. The van der Waals surface area contributed by atoms with E-state index < -0.39 is 6.03 Å². The lowest BCUT2D eigenvalue weighted by Gasteiger charge is -2.31. The minimum Gasteiger partial charge on any atom is -0.292 e. The molecule has 1 aromatic rings. The van der Waals surface area contributed by atoms with Gasteiger partial charge in [-0.1, -0.05) is 30.7 Å². The molecule has 0 spiro atoms. The van der Waals surface area contributed by atoms with E-state index in [4.69, 9.17) is 11.6 Å². The molecule has 5 heteroatoms. The zero-order chi connectivity index (χ0) is 12.6. The summed E-state index contributed by atoms with van der Waals surface area (Å²) in [5.41, 5.74) is 1.55. The van der Waals surface area contributed by atoms with E-state index in [2.05, 4.69) is 5.32 Å². The average Bonchev–Trinajstić information content (AvgIpc) is 2.28. The molecule has 0 bridgehead atoms. The summed E-state index contributed by atoms with van der Waals surface area (Å²) in [4.78, 5) is 24.6. The van der Waals surface area contributed by atoms with E-state index in [1.54, 1.807) is 13.0 Å². The first-order chi connectivity index (χ1) is 8.00. The average molecular weight is 253 g/mol. The molecule has 1 heterocycles. The summed E-state index contributed by atoms with van der Waals surface area (Å²) in [5.74, 6) is -0.473. The highest BCUT2D eigenvalue weighted by Crippen LogP contribution is 2.30. The third kappa shape index (κ3) is 2.13. The second-order valence-corrected chi connectivity index (χ2v) is 4.59. The maximum absolute atomic E-state index is 11.7. The van der Waals surface area contributed by atoms with Crippen molar-refractivity contribution < 1.29 is 9.59 Å². The molecule has 1 aliphatic rings. The molecule has 90 valence electrons. The smallest absolute Gasteiger partial charge is 0.292 e. The van der Waals surface area contributed by atoms with Crippen LogP contribution < -0.4 is 10.2 Å². The zero-order valence-corrected chi connectivity index (χ0v) is 10.4. The number of amides is 3. The van der Waals surface area contributed by atoms with Gasteiger partial charge in [-0.15, -0.1) is 0 Å². The molecule has 0 radical (unpaired) electrons. The minimum atomic E-state index is -0.416. The molecule has 0 aliphatic carbocycles. The molecule has 2 rings (SSSR count). The van der Waals surface area contributed by atoms with Crippen molar-refractivity contribution in [3.63, 3.8) is 0 Å². The molecular formula is C12H13ClN2O2. The second kappa shape index (κ2) is 4.37. The second-order valence-electron chi connectivity index (χ2n) is 4.21. The van der Waals surface area contributed by atoms with Gasteiger partial charge in [0.25, 0.3) is 0 Å². The van der Waals surface area contributed by atoms with Crippen molar-refractivity contribution in [2.24, 2.45) is 5.92 Å². The standard InChI is InChI=1S/C12H13ClN2O2/c1-7-4-3-5-9(10(7)13)15-6-8(2)11(16)14-12(15)17/h3-5,8H,6H2,1-2H3,(H,14,16,17). The number of carbonyl (C=O) groups excluding carboxylic acids is 2. The lowest BCUT2D eigenvalue weighted by atomic mass is 10.1. The Morgan fingerprint density at radius 1 is 1.41 bits per heavy atom. The summed E-state index contributed by atoms with van der Waals surface area (Å²) >= 11 is 6.17. The van der Waals surface area contributed by atoms with Gasteiger partial charge in [0.05, 0.1) is 16.6 Å². The van der Waals surface area contributed by atoms with E-state index in [0.717, 1.165) is 5.56 Å². The largest absolute Gasteiger partial charge is 0.328 e. The van der Waals surface area contributed by atoms with Gasteiger partial charge >= 0.3 is 6.03 Å². The fraction of sp³-hybridized carbons (Fsp3) is 0.333. The molecule has 1 saturated heterocycles. The highest BCUT2D eigenvalue weighted by molar-refractivity contribution is 6.34. The van der Waals surface area contributed by atoms with Gasteiger partial charge in [-0.25, -0.2) is 4.79 Å². The van der Waals surface area contributed by atoms with Crippen molar-refractivity contribution in [1.82, 2.24) is 5.32 Å². The molecule has 1 aromatic carbocycles. The number of urea groups is 1. The van der Waals surface area contributed by atoms with Crippen LogP contribution >= 0.6 is 11.6 Å². The monoisotopic (exact) mass is 252 g/mol. The third-order valence-electron chi connectivity index (χ3n) is 2.84. The molecule has 1 N–H and O–H groups in total. The van der Waals surface area contributed by atoms with Crippen LogP contribution in [0.15, 0.2) is 18.2 Å². The van der Waals surface area contributed by atoms with Crippen molar-refractivity contribution >= 4 is 29.2 Å². The molecule has 1 unspecified atom stereocenters. The molecule has 0 saturated carbocycles. The minimum absolute atomic E-state index is 0.232. The summed E-state index contributed by atoms with van der Waals surface area (Å²) in [5, 5.41) is 2.86. The van der Waals surface area contributed by atoms with Gasteiger partial charge in [0.15, 0.2) is 0 Å². The Morgan fingerprint density at radius 3 is 2.82 bits per heavy atom. The van der Waals surface area contributed by atoms with Gasteiger partial charge in [-0.2, -0.15) is 0 Å². The molecule has 4 nitrogen and oxygen atoms in total. The van der Waals surface area contributed by atoms with E-state index >= 15 is 0 Å². The number of hydrogen-bond acceptors (Lipinski definition) is 2. The van der Waals surface area contributed by atoms with Crippen LogP contribution in [-0.4, -0.2) is 18.5 Å². The Morgan fingerprint density at radius 2 is 2.12 bits per heavy atom. The lowest BCUT2D eigenvalue weighted by molar-refractivity contribution is -0.123. The van der Waals surface area contributed by atoms with Crippen LogP contribution in [0.2, 0.25) is 5.02 Å². The Hall–Kier alpha value is -1.55. The normalized spacial score (nSPS) is 20.4. The van der Waals surface area contributed by atoms with Crippen LogP contribution in [0, 0.1) is 12.8 Å². The summed E-state index contributed by atoms with van der Waals surface area (Å²) in [7, 11) is 0. The molecule has 3 amide bonds. The van der Waals surface area contributed by atoms with Gasteiger partial charge in [0, 0.05) is 6.54 Å². The van der Waals surface area contributed by atoms with Gasteiger partial charge in [0.2, 0.25) is 5.91 Å².